The molecule has 1 fully saturated rings. The standard InChI is InChI=1S/C20H25N3O5/c1-3-22-15-9-5-6-10-16(15)23(19(26)18(22)25)13-17(24)21-11-7-8-14(12-21)20(27)28-4-2/h5-6,9-10,14H,3-4,7-8,11-13H2,1-2H3. The van der Waals surface area contributed by atoms with E-state index in [1.54, 1.807) is 43.0 Å². The lowest BCUT2D eigenvalue weighted by Crippen LogP contribution is -2.47. The van der Waals surface area contributed by atoms with Crippen LogP contribution in [-0.2, 0) is 27.4 Å². The van der Waals surface area contributed by atoms with Gasteiger partial charge >= 0.3 is 17.1 Å². The van der Waals surface area contributed by atoms with Crippen molar-refractivity contribution in [2.45, 2.75) is 39.8 Å². The number of esters is 1. The van der Waals surface area contributed by atoms with Gasteiger partial charge in [-0.2, -0.15) is 0 Å². The normalized spacial score (nSPS) is 16.9. The number of benzene rings is 1. The van der Waals surface area contributed by atoms with Crippen LogP contribution in [-0.4, -0.2) is 45.6 Å². The molecule has 0 bridgehead atoms. The van der Waals surface area contributed by atoms with Crippen LogP contribution < -0.4 is 11.1 Å². The Kier molecular flexibility index (Phi) is 5.96. The molecule has 3 rings (SSSR count). The maximum atomic E-state index is 12.9. The van der Waals surface area contributed by atoms with E-state index in [0.29, 0.717) is 43.6 Å². The molecule has 1 atom stereocenters. The third-order valence-corrected chi connectivity index (χ3v) is 5.14. The number of likely N-dealkylation sites (tertiary alicyclic amines) is 1. The molecular formula is C20H25N3O5. The van der Waals surface area contributed by atoms with Crippen LogP contribution in [0.4, 0.5) is 0 Å². The highest BCUT2D eigenvalue weighted by Gasteiger charge is 2.29. The predicted octanol–water partition coefficient (Wildman–Crippen LogP) is 0.985. The van der Waals surface area contributed by atoms with Gasteiger partial charge in [0.15, 0.2) is 0 Å². The number of aromatic nitrogens is 2. The van der Waals surface area contributed by atoms with E-state index < -0.39 is 11.1 Å². The molecule has 0 aliphatic carbocycles. The molecule has 8 nitrogen and oxygen atoms in total. The second-order valence-electron chi connectivity index (χ2n) is 6.86. The molecule has 0 radical (unpaired) electrons. The second-order valence-corrected chi connectivity index (χ2v) is 6.86. The van der Waals surface area contributed by atoms with Crippen molar-refractivity contribution in [2.75, 3.05) is 19.7 Å². The topological polar surface area (TPSA) is 90.6 Å². The Hall–Kier alpha value is -2.90. The summed E-state index contributed by atoms with van der Waals surface area (Å²) in [5.41, 5.74) is -0.198. The lowest BCUT2D eigenvalue weighted by atomic mass is 9.98. The number of carbonyl (C=O) groups excluding carboxylic acids is 2. The number of rotatable bonds is 5. The van der Waals surface area contributed by atoms with Gasteiger partial charge in [-0.25, -0.2) is 0 Å². The maximum Gasteiger partial charge on any atom is 0.317 e. The van der Waals surface area contributed by atoms with Crippen LogP contribution in [0.2, 0.25) is 0 Å². The van der Waals surface area contributed by atoms with Crippen LogP contribution in [0.15, 0.2) is 33.9 Å². The molecule has 1 aliphatic heterocycles. The summed E-state index contributed by atoms with van der Waals surface area (Å²) in [5.74, 6) is -0.928. The fourth-order valence-electron chi connectivity index (χ4n) is 3.73. The van der Waals surface area contributed by atoms with Gasteiger partial charge in [0.25, 0.3) is 0 Å². The largest absolute Gasteiger partial charge is 0.466 e. The van der Waals surface area contributed by atoms with Crippen LogP contribution in [0.3, 0.4) is 0 Å². The van der Waals surface area contributed by atoms with E-state index in [9.17, 15) is 19.2 Å². The summed E-state index contributed by atoms with van der Waals surface area (Å²) < 4.78 is 7.72. The summed E-state index contributed by atoms with van der Waals surface area (Å²) in [4.78, 5) is 51.5. The highest BCUT2D eigenvalue weighted by Crippen LogP contribution is 2.19. The Morgan fingerprint density at radius 1 is 1.07 bits per heavy atom. The molecule has 1 amide bonds. The molecule has 1 aliphatic rings. The Morgan fingerprint density at radius 3 is 2.36 bits per heavy atom. The number of carbonyl (C=O) groups is 2. The molecule has 1 unspecified atom stereocenters. The Labute approximate surface area is 162 Å². The fraction of sp³-hybridized carbons (Fsp3) is 0.500. The molecule has 1 aromatic carbocycles. The first-order valence-electron chi connectivity index (χ1n) is 9.64. The van der Waals surface area contributed by atoms with Crippen LogP contribution in [0, 0.1) is 5.92 Å². The van der Waals surface area contributed by atoms with Gasteiger partial charge in [0.05, 0.1) is 23.6 Å². The first kappa shape index (κ1) is 19.9. The molecule has 0 N–H and O–H groups in total. The number of nitrogens with zero attached hydrogens (tertiary/aromatic N) is 3. The van der Waals surface area contributed by atoms with E-state index in [2.05, 4.69) is 0 Å². The fourth-order valence-corrected chi connectivity index (χ4v) is 3.73. The van der Waals surface area contributed by atoms with Crippen LogP contribution in [0.25, 0.3) is 11.0 Å². The Bertz CT molecular complexity index is 1010. The van der Waals surface area contributed by atoms with Gasteiger partial charge in [0.2, 0.25) is 5.91 Å². The minimum absolute atomic E-state index is 0.227. The van der Waals surface area contributed by atoms with Gasteiger partial charge in [-0.3, -0.25) is 23.7 Å². The van der Waals surface area contributed by atoms with E-state index in [4.69, 9.17) is 4.74 Å². The number of hydrogen-bond donors (Lipinski definition) is 0. The summed E-state index contributed by atoms with van der Waals surface area (Å²) in [6, 6.07) is 7.05. The van der Waals surface area contributed by atoms with Crippen molar-refractivity contribution in [1.82, 2.24) is 14.0 Å². The molecule has 28 heavy (non-hydrogen) atoms. The molecule has 8 heteroatoms. The number of ether oxygens (including phenoxy) is 1. The van der Waals surface area contributed by atoms with Crippen molar-refractivity contribution in [1.29, 1.82) is 0 Å². The van der Waals surface area contributed by atoms with Gasteiger partial charge in [0.1, 0.15) is 6.54 Å². The minimum Gasteiger partial charge on any atom is -0.466 e. The predicted molar refractivity (Wildman–Crippen MR) is 104 cm³/mol. The molecule has 1 aromatic heterocycles. The number of aryl methyl sites for hydroxylation is 1. The zero-order chi connectivity index (χ0) is 20.3. The quantitative estimate of drug-likeness (QED) is 0.564. The van der Waals surface area contributed by atoms with Gasteiger partial charge in [-0.1, -0.05) is 12.1 Å². The average molecular weight is 387 g/mol. The smallest absolute Gasteiger partial charge is 0.317 e. The second kappa shape index (κ2) is 8.41. The van der Waals surface area contributed by atoms with Crippen molar-refractivity contribution in [3.8, 4) is 0 Å². The molecule has 150 valence electrons. The first-order chi connectivity index (χ1) is 13.5. The maximum absolute atomic E-state index is 12.9. The summed E-state index contributed by atoms with van der Waals surface area (Å²) in [5, 5.41) is 0. The third-order valence-electron chi connectivity index (χ3n) is 5.14. The van der Waals surface area contributed by atoms with E-state index in [0.717, 1.165) is 0 Å². The molecule has 0 saturated carbocycles. The van der Waals surface area contributed by atoms with Gasteiger partial charge in [0, 0.05) is 19.6 Å². The molecule has 2 heterocycles. The van der Waals surface area contributed by atoms with Crippen molar-refractivity contribution < 1.29 is 14.3 Å². The van der Waals surface area contributed by atoms with Crippen molar-refractivity contribution in [3.63, 3.8) is 0 Å². The number of para-hydroxylation sites is 2. The van der Waals surface area contributed by atoms with Crippen LogP contribution in [0.5, 0.6) is 0 Å². The Morgan fingerprint density at radius 2 is 1.71 bits per heavy atom. The van der Waals surface area contributed by atoms with E-state index in [-0.39, 0.29) is 30.9 Å². The molecule has 2 aromatic rings. The van der Waals surface area contributed by atoms with Crippen LogP contribution in [0.1, 0.15) is 26.7 Å². The van der Waals surface area contributed by atoms with Crippen molar-refractivity contribution in [3.05, 3.63) is 45.0 Å². The van der Waals surface area contributed by atoms with Crippen molar-refractivity contribution in [2.24, 2.45) is 5.92 Å². The lowest BCUT2D eigenvalue weighted by molar-refractivity contribution is -0.151. The van der Waals surface area contributed by atoms with E-state index in [1.807, 2.05) is 0 Å². The Balaban J connectivity index is 1.90. The summed E-state index contributed by atoms with van der Waals surface area (Å²) in [7, 11) is 0. The van der Waals surface area contributed by atoms with E-state index >= 15 is 0 Å². The van der Waals surface area contributed by atoms with Gasteiger partial charge in [-0.15, -0.1) is 0 Å². The SMILES string of the molecule is CCOC(=O)C1CCCN(C(=O)Cn2c(=O)c(=O)n(CC)c3ccccc32)C1. The number of fused-ring (bicyclic) bond motifs is 1. The highest BCUT2D eigenvalue weighted by molar-refractivity contribution is 5.81. The first-order valence-corrected chi connectivity index (χ1v) is 9.64. The molecular weight excluding hydrogens is 362 g/mol. The lowest BCUT2D eigenvalue weighted by Gasteiger charge is -2.31. The average Bonchev–Trinajstić information content (AvgIpc) is 2.72. The zero-order valence-electron chi connectivity index (χ0n) is 16.2. The van der Waals surface area contributed by atoms with Crippen LogP contribution >= 0.6 is 0 Å². The minimum atomic E-state index is -0.715. The number of amides is 1. The van der Waals surface area contributed by atoms with Crippen molar-refractivity contribution >= 4 is 22.9 Å². The molecule has 0 spiro atoms. The van der Waals surface area contributed by atoms with Gasteiger partial charge in [-0.05, 0) is 38.8 Å². The zero-order valence-corrected chi connectivity index (χ0v) is 16.2. The summed E-state index contributed by atoms with van der Waals surface area (Å²) in [6.45, 7) is 4.79. The number of hydrogen-bond acceptors (Lipinski definition) is 5. The number of piperidine rings is 1. The summed E-state index contributed by atoms with van der Waals surface area (Å²) in [6.07, 6.45) is 1.38. The van der Waals surface area contributed by atoms with Gasteiger partial charge < -0.3 is 14.2 Å². The van der Waals surface area contributed by atoms with E-state index in [1.165, 1.54) is 9.13 Å². The third kappa shape index (κ3) is 3.72. The molecule has 1 saturated heterocycles. The monoisotopic (exact) mass is 387 g/mol. The highest BCUT2D eigenvalue weighted by atomic mass is 16.5. The summed E-state index contributed by atoms with van der Waals surface area (Å²) >= 11 is 0.